The lowest BCUT2D eigenvalue weighted by atomic mass is 9.90. The lowest BCUT2D eigenvalue weighted by molar-refractivity contribution is 0.0820. The monoisotopic (exact) mass is 356 g/mol. The van der Waals surface area contributed by atoms with Crippen molar-refractivity contribution in [3.63, 3.8) is 0 Å². The Bertz CT molecular complexity index is 653. The summed E-state index contributed by atoms with van der Waals surface area (Å²) in [7, 11) is 1.45. The molecule has 0 spiro atoms. The number of halogens is 2. The minimum atomic E-state index is -1.59. The van der Waals surface area contributed by atoms with Crippen LogP contribution < -0.4 is 4.74 Å². The van der Waals surface area contributed by atoms with Crippen LogP contribution in [0.4, 0.5) is 4.39 Å². The number of ether oxygens (including phenoxy) is 1. The fraction of sp³-hybridized carbons (Fsp3) is 0.400. The molecule has 1 N–H and O–H groups in total. The maximum absolute atomic E-state index is 14.3. The van der Waals surface area contributed by atoms with Gasteiger partial charge in [0.2, 0.25) is 0 Å². The predicted molar refractivity (Wildman–Crippen MR) is 81.9 cm³/mol. The van der Waals surface area contributed by atoms with Gasteiger partial charge in [0.15, 0.2) is 0 Å². The van der Waals surface area contributed by atoms with Crippen molar-refractivity contribution in [1.29, 1.82) is 0 Å². The predicted octanol–water partition coefficient (Wildman–Crippen LogP) is 3.63. The minimum Gasteiger partial charge on any atom is -0.496 e. The number of aliphatic hydroxyl groups is 1. The quantitative estimate of drug-likeness (QED) is 0.909. The average molecular weight is 357 g/mol. The number of hydrogen-bond donors (Lipinski definition) is 1. The van der Waals surface area contributed by atoms with Gasteiger partial charge in [-0.3, -0.25) is 4.68 Å². The van der Waals surface area contributed by atoms with E-state index in [-0.39, 0.29) is 11.6 Å². The van der Waals surface area contributed by atoms with Gasteiger partial charge in [0.05, 0.1) is 29.0 Å². The van der Waals surface area contributed by atoms with Crippen LogP contribution >= 0.6 is 15.9 Å². The van der Waals surface area contributed by atoms with Crippen LogP contribution in [-0.2, 0) is 5.60 Å². The molecule has 0 fully saturated rings. The van der Waals surface area contributed by atoms with Crippen LogP contribution in [-0.4, -0.2) is 22.0 Å². The summed E-state index contributed by atoms with van der Waals surface area (Å²) in [5.74, 6) is -0.230. The molecule has 1 aromatic carbocycles. The van der Waals surface area contributed by atoms with E-state index < -0.39 is 11.4 Å². The Morgan fingerprint density at radius 3 is 2.67 bits per heavy atom. The van der Waals surface area contributed by atoms with Gasteiger partial charge in [-0.05, 0) is 48.8 Å². The molecule has 21 heavy (non-hydrogen) atoms. The highest BCUT2D eigenvalue weighted by Crippen LogP contribution is 2.40. The minimum absolute atomic E-state index is 0.0237. The Hall–Kier alpha value is -1.40. The Morgan fingerprint density at radius 2 is 2.10 bits per heavy atom. The molecule has 6 heteroatoms. The van der Waals surface area contributed by atoms with Gasteiger partial charge in [-0.15, -0.1) is 0 Å². The summed E-state index contributed by atoms with van der Waals surface area (Å²) in [5.41, 5.74) is -1.01. The van der Waals surface area contributed by atoms with Gasteiger partial charge in [0, 0.05) is 6.04 Å². The molecule has 1 heterocycles. The van der Waals surface area contributed by atoms with Crippen molar-refractivity contribution in [2.24, 2.45) is 0 Å². The van der Waals surface area contributed by atoms with Crippen molar-refractivity contribution in [3.05, 3.63) is 45.9 Å². The van der Waals surface area contributed by atoms with Gasteiger partial charge in [0.1, 0.15) is 17.2 Å². The topological polar surface area (TPSA) is 47.3 Å². The van der Waals surface area contributed by atoms with E-state index in [2.05, 4.69) is 21.0 Å². The number of aromatic nitrogens is 2. The average Bonchev–Trinajstić information content (AvgIpc) is 2.80. The first-order valence-corrected chi connectivity index (χ1v) is 7.38. The molecule has 0 saturated heterocycles. The van der Waals surface area contributed by atoms with Gasteiger partial charge in [-0.2, -0.15) is 5.10 Å². The van der Waals surface area contributed by atoms with E-state index in [1.54, 1.807) is 23.0 Å². The molecule has 4 nitrogen and oxygen atoms in total. The second kappa shape index (κ2) is 5.77. The molecule has 0 bridgehead atoms. The normalized spacial score (nSPS) is 14.3. The van der Waals surface area contributed by atoms with Crippen LogP contribution in [0.15, 0.2) is 28.9 Å². The zero-order chi connectivity index (χ0) is 15.8. The first-order valence-electron chi connectivity index (χ1n) is 6.59. The number of rotatable bonds is 4. The maximum atomic E-state index is 14.3. The van der Waals surface area contributed by atoms with Crippen molar-refractivity contribution in [1.82, 2.24) is 9.78 Å². The van der Waals surface area contributed by atoms with Crippen LogP contribution in [0.1, 0.15) is 38.1 Å². The highest BCUT2D eigenvalue weighted by atomic mass is 79.9. The Morgan fingerprint density at radius 1 is 1.43 bits per heavy atom. The molecule has 114 valence electrons. The van der Waals surface area contributed by atoms with Gasteiger partial charge in [0.25, 0.3) is 0 Å². The van der Waals surface area contributed by atoms with Crippen molar-refractivity contribution in [2.45, 2.75) is 32.4 Å². The zero-order valence-corrected chi connectivity index (χ0v) is 14.0. The van der Waals surface area contributed by atoms with Crippen molar-refractivity contribution >= 4 is 15.9 Å². The molecule has 0 aliphatic rings. The largest absolute Gasteiger partial charge is 0.496 e. The van der Waals surface area contributed by atoms with Crippen LogP contribution in [0.3, 0.4) is 0 Å². The maximum Gasteiger partial charge on any atom is 0.136 e. The van der Waals surface area contributed by atoms with E-state index in [0.29, 0.717) is 15.9 Å². The van der Waals surface area contributed by atoms with E-state index in [0.717, 1.165) is 0 Å². The highest BCUT2D eigenvalue weighted by molar-refractivity contribution is 9.10. The molecule has 1 atom stereocenters. The summed E-state index contributed by atoms with van der Waals surface area (Å²) in [6, 6.07) is 4.49. The summed E-state index contributed by atoms with van der Waals surface area (Å²) in [6.45, 7) is 5.42. The molecule has 0 amide bonds. The van der Waals surface area contributed by atoms with Crippen LogP contribution in [0.2, 0.25) is 0 Å². The third-order valence-electron chi connectivity index (χ3n) is 3.38. The number of benzene rings is 1. The van der Waals surface area contributed by atoms with Crippen LogP contribution in [0.5, 0.6) is 5.75 Å². The summed E-state index contributed by atoms with van der Waals surface area (Å²) >= 11 is 3.38. The molecule has 0 radical (unpaired) electrons. The number of hydrogen-bond acceptors (Lipinski definition) is 3. The fourth-order valence-electron chi connectivity index (χ4n) is 2.45. The molecule has 0 aliphatic carbocycles. The van der Waals surface area contributed by atoms with Crippen molar-refractivity contribution in [2.75, 3.05) is 7.11 Å². The molecule has 2 aromatic rings. The molecule has 1 aromatic heterocycles. The third-order valence-corrected chi connectivity index (χ3v) is 3.96. The number of nitrogens with zero attached hydrogens (tertiary/aromatic N) is 2. The van der Waals surface area contributed by atoms with Gasteiger partial charge < -0.3 is 9.84 Å². The van der Waals surface area contributed by atoms with Crippen LogP contribution in [0, 0.1) is 5.82 Å². The lowest BCUT2D eigenvalue weighted by Gasteiger charge is -2.28. The Kier molecular flexibility index (Phi) is 4.39. The molecule has 0 aliphatic heterocycles. The van der Waals surface area contributed by atoms with Crippen LogP contribution in [0.25, 0.3) is 0 Å². The summed E-state index contributed by atoms with van der Waals surface area (Å²) < 4.78 is 21.8. The zero-order valence-electron chi connectivity index (χ0n) is 12.4. The lowest BCUT2D eigenvalue weighted by Crippen LogP contribution is -2.30. The van der Waals surface area contributed by atoms with Gasteiger partial charge >= 0.3 is 0 Å². The second-order valence-corrected chi connectivity index (χ2v) is 6.12. The fourth-order valence-corrected chi connectivity index (χ4v) is 3.11. The smallest absolute Gasteiger partial charge is 0.136 e. The summed E-state index contributed by atoms with van der Waals surface area (Å²) in [4.78, 5) is 0. The SMILES string of the molecule is COc1cccc(F)c1C(C)(O)c1c(Br)cnn1C(C)C. The first kappa shape index (κ1) is 16.0. The van der Waals surface area contributed by atoms with Crippen molar-refractivity contribution in [3.8, 4) is 5.75 Å². The molecular formula is C15H18BrFN2O2. The molecule has 2 rings (SSSR count). The first-order chi connectivity index (χ1) is 9.80. The summed E-state index contributed by atoms with van der Waals surface area (Å²) in [5, 5.41) is 15.3. The highest BCUT2D eigenvalue weighted by Gasteiger charge is 2.37. The molecule has 0 saturated carbocycles. The third kappa shape index (κ3) is 2.70. The summed E-state index contributed by atoms with van der Waals surface area (Å²) in [6.07, 6.45) is 1.59. The van der Waals surface area contributed by atoms with E-state index in [1.807, 2.05) is 13.8 Å². The van der Waals surface area contributed by atoms with E-state index in [9.17, 15) is 9.50 Å². The molecular weight excluding hydrogens is 339 g/mol. The van der Waals surface area contributed by atoms with Gasteiger partial charge in [-0.1, -0.05) is 6.07 Å². The molecule has 1 unspecified atom stereocenters. The van der Waals surface area contributed by atoms with E-state index in [1.165, 1.54) is 20.1 Å². The second-order valence-electron chi connectivity index (χ2n) is 5.27. The Labute approximate surface area is 131 Å². The van der Waals surface area contributed by atoms with Gasteiger partial charge in [-0.25, -0.2) is 4.39 Å². The van der Waals surface area contributed by atoms with Crippen molar-refractivity contribution < 1.29 is 14.2 Å². The Balaban J connectivity index is 2.71. The van der Waals surface area contributed by atoms with E-state index in [4.69, 9.17) is 4.74 Å². The standard InChI is InChI=1S/C15H18BrFN2O2/c1-9(2)19-14(10(16)8-18-19)15(3,20)13-11(17)6-5-7-12(13)21-4/h5-9,20H,1-4H3. The number of methoxy groups -OCH3 is 1. The van der Waals surface area contributed by atoms with E-state index >= 15 is 0 Å².